The Bertz CT molecular complexity index is 1660. The zero-order chi connectivity index (χ0) is 32.4. The zero-order valence-corrected chi connectivity index (χ0v) is 26.9. The van der Waals surface area contributed by atoms with Gasteiger partial charge in [0.2, 0.25) is 11.8 Å². The first kappa shape index (κ1) is 32.8. The highest BCUT2D eigenvalue weighted by Crippen LogP contribution is 2.26. The van der Waals surface area contributed by atoms with Gasteiger partial charge < -0.3 is 15.0 Å². The van der Waals surface area contributed by atoms with Crippen LogP contribution in [0.2, 0.25) is 0 Å². The third-order valence-corrected chi connectivity index (χ3v) is 10.2. The summed E-state index contributed by atoms with van der Waals surface area (Å²) in [4.78, 5) is 30.3. The minimum absolute atomic E-state index is 0.0236. The molecule has 8 nitrogen and oxygen atoms in total. The van der Waals surface area contributed by atoms with E-state index < -0.39 is 28.5 Å². The van der Waals surface area contributed by atoms with Crippen molar-refractivity contribution in [3.63, 3.8) is 0 Å². The van der Waals surface area contributed by atoms with Crippen LogP contribution in [0, 0.1) is 0 Å². The van der Waals surface area contributed by atoms with Crippen molar-refractivity contribution in [3.05, 3.63) is 126 Å². The third kappa shape index (κ3) is 8.34. The van der Waals surface area contributed by atoms with E-state index in [9.17, 15) is 18.0 Å². The maximum Gasteiger partial charge on any atom is 0.264 e. The molecule has 1 aliphatic rings. The molecule has 5 rings (SSSR count). The summed E-state index contributed by atoms with van der Waals surface area (Å²) >= 11 is 0. The van der Waals surface area contributed by atoms with E-state index >= 15 is 0 Å². The summed E-state index contributed by atoms with van der Waals surface area (Å²) < 4.78 is 34.6. The van der Waals surface area contributed by atoms with E-state index in [0.717, 1.165) is 47.5 Å². The number of sulfonamides is 1. The third-order valence-electron chi connectivity index (χ3n) is 8.39. The number of hydrogen-bond acceptors (Lipinski definition) is 5. The smallest absolute Gasteiger partial charge is 0.264 e. The summed E-state index contributed by atoms with van der Waals surface area (Å²) in [5, 5.41) is 3.24. The van der Waals surface area contributed by atoms with Gasteiger partial charge in [0.1, 0.15) is 18.3 Å². The van der Waals surface area contributed by atoms with Gasteiger partial charge >= 0.3 is 0 Å². The SMILES string of the molecule is COc1ccc(S(=O)(=O)N(CC(=O)N(Cc2ccccc2)C(Cc2ccccc2)C(=O)NC2CCCCC2)c2ccccc2)cc1. The second-order valence-electron chi connectivity index (χ2n) is 11.6. The summed E-state index contributed by atoms with van der Waals surface area (Å²) in [5.41, 5.74) is 2.09. The van der Waals surface area contributed by atoms with Crippen LogP contribution in [0.4, 0.5) is 5.69 Å². The Kier molecular flexibility index (Phi) is 11.1. The number of para-hydroxylation sites is 1. The number of nitrogens with one attached hydrogen (secondary N) is 1. The van der Waals surface area contributed by atoms with Gasteiger partial charge in [-0.1, -0.05) is 98.1 Å². The number of nitrogens with zero attached hydrogens (tertiary/aromatic N) is 2. The first-order valence-electron chi connectivity index (χ1n) is 15.7. The Morgan fingerprint density at radius 3 is 1.93 bits per heavy atom. The van der Waals surface area contributed by atoms with Crippen LogP contribution in [0.15, 0.2) is 120 Å². The molecule has 1 unspecified atom stereocenters. The van der Waals surface area contributed by atoms with E-state index in [1.807, 2.05) is 60.7 Å². The molecule has 0 radical (unpaired) electrons. The van der Waals surface area contributed by atoms with Gasteiger partial charge in [0.25, 0.3) is 10.0 Å². The molecule has 1 aliphatic carbocycles. The fourth-order valence-electron chi connectivity index (χ4n) is 5.88. The number of carbonyl (C=O) groups is 2. The Morgan fingerprint density at radius 1 is 0.783 bits per heavy atom. The Hall–Kier alpha value is -4.63. The summed E-state index contributed by atoms with van der Waals surface area (Å²) in [6, 6.07) is 32.9. The second-order valence-corrected chi connectivity index (χ2v) is 13.4. The van der Waals surface area contributed by atoms with Crippen molar-refractivity contribution in [1.29, 1.82) is 0 Å². The summed E-state index contributed by atoms with van der Waals surface area (Å²) in [5.74, 6) is -0.197. The van der Waals surface area contributed by atoms with E-state index in [-0.39, 0.29) is 29.8 Å². The van der Waals surface area contributed by atoms with Crippen molar-refractivity contribution >= 4 is 27.5 Å². The average molecular weight is 640 g/mol. The quantitative estimate of drug-likeness (QED) is 0.194. The maximum atomic E-state index is 14.6. The van der Waals surface area contributed by atoms with Crippen molar-refractivity contribution in [1.82, 2.24) is 10.2 Å². The molecule has 1 atom stereocenters. The molecular weight excluding hydrogens is 598 g/mol. The molecule has 0 bridgehead atoms. The molecule has 9 heteroatoms. The average Bonchev–Trinajstić information content (AvgIpc) is 3.10. The highest BCUT2D eigenvalue weighted by molar-refractivity contribution is 7.92. The number of benzene rings is 4. The number of ether oxygens (including phenoxy) is 1. The number of methoxy groups -OCH3 is 1. The topological polar surface area (TPSA) is 96.0 Å². The molecule has 4 aromatic rings. The van der Waals surface area contributed by atoms with Crippen molar-refractivity contribution in [2.45, 2.75) is 62.0 Å². The molecule has 0 heterocycles. The molecular formula is C37H41N3O5S. The number of anilines is 1. The van der Waals surface area contributed by atoms with Gasteiger partial charge in [0, 0.05) is 19.0 Å². The molecule has 0 aromatic heterocycles. The van der Waals surface area contributed by atoms with Gasteiger partial charge in [0.05, 0.1) is 17.7 Å². The molecule has 1 fully saturated rings. The zero-order valence-electron chi connectivity index (χ0n) is 26.1. The lowest BCUT2D eigenvalue weighted by Gasteiger charge is -2.35. The predicted octanol–water partition coefficient (Wildman–Crippen LogP) is 5.98. The molecule has 0 spiro atoms. The first-order chi connectivity index (χ1) is 22.3. The molecule has 0 saturated heterocycles. The molecule has 0 aliphatic heterocycles. The number of hydrogen-bond donors (Lipinski definition) is 1. The van der Waals surface area contributed by atoms with E-state index in [4.69, 9.17) is 4.74 Å². The summed E-state index contributed by atoms with van der Waals surface area (Å²) in [6.07, 6.45) is 5.34. The van der Waals surface area contributed by atoms with Crippen LogP contribution in [0.25, 0.3) is 0 Å². The summed E-state index contributed by atoms with van der Waals surface area (Å²) in [7, 11) is -2.67. The minimum Gasteiger partial charge on any atom is -0.497 e. The maximum absolute atomic E-state index is 14.6. The van der Waals surface area contributed by atoms with E-state index in [0.29, 0.717) is 11.4 Å². The highest BCUT2D eigenvalue weighted by Gasteiger charge is 2.35. The van der Waals surface area contributed by atoms with Gasteiger partial charge in [0.15, 0.2) is 0 Å². The van der Waals surface area contributed by atoms with Gasteiger partial charge in [-0.3, -0.25) is 13.9 Å². The van der Waals surface area contributed by atoms with Crippen LogP contribution in [0.3, 0.4) is 0 Å². The Labute approximate surface area is 272 Å². The first-order valence-corrected chi connectivity index (χ1v) is 17.2. The normalized spacial score (nSPS) is 14.2. The number of carbonyl (C=O) groups excluding carboxylic acids is 2. The fourth-order valence-corrected chi connectivity index (χ4v) is 7.29. The van der Waals surface area contributed by atoms with Gasteiger partial charge in [-0.15, -0.1) is 0 Å². The van der Waals surface area contributed by atoms with Crippen molar-refractivity contribution < 1.29 is 22.7 Å². The number of rotatable bonds is 13. The molecule has 4 aromatic carbocycles. The van der Waals surface area contributed by atoms with Crippen LogP contribution in [-0.2, 0) is 32.6 Å². The van der Waals surface area contributed by atoms with Crippen molar-refractivity contribution in [2.75, 3.05) is 18.0 Å². The largest absolute Gasteiger partial charge is 0.497 e. The monoisotopic (exact) mass is 639 g/mol. The lowest BCUT2D eigenvalue weighted by Crippen LogP contribution is -2.55. The minimum atomic E-state index is -4.18. The number of amides is 2. The lowest BCUT2D eigenvalue weighted by atomic mass is 9.94. The highest BCUT2D eigenvalue weighted by atomic mass is 32.2. The van der Waals surface area contributed by atoms with E-state index in [1.54, 1.807) is 47.4 Å². The van der Waals surface area contributed by atoms with Crippen molar-refractivity contribution in [2.24, 2.45) is 0 Å². The van der Waals surface area contributed by atoms with Crippen LogP contribution in [0.5, 0.6) is 5.75 Å². The van der Waals surface area contributed by atoms with Crippen LogP contribution in [0.1, 0.15) is 43.2 Å². The van der Waals surface area contributed by atoms with Crippen molar-refractivity contribution in [3.8, 4) is 5.75 Å². The molecule has 1 N–H and O–H groups in total. The molecule has 1 saturated carbocycles. The van der Waals surface area contributed by atoms with Crippen LogP contribution >= 0.6 is 0 Å². The van der Waals surface area contributed by atoms with E-state index in [1.165, 1.54) is 19.2 Å². The van der Waals surface area contributed by atoms with Gasteiger partial charge in [-0.25, -0.2) is 8.42 Å². The molecule has 240 valence electrons. The molecule has 2 amide bonds. The van der Waals surface area contributed by atoms with E-state index in [2.05, 4.69) is 5.32 Å². The standard InChI is InChI=1S/C37H41N3O5S/c1-45-33-22-24-34(25-23-33)46(43,44)40(32-20-12-5-13-21-32)28-36(41)39(27-30-16-8-3-9-17-30)35(26-29-14-6-2-7-15-29)37(42)38-31-18-10-4-11-19-31/h2-3,5-9,12-17,20-25,31,35H,4,10-11,18-19,26-28H2,1H3,(H,38,42). The fraction of sp³-hybridized carbons (Fsp3) is 0.297. The second kappa shape index (κ2) is 15.6. The predicted molar refractivity (Wildman–Crippen MR) is 180 cm³/mol. The Morgan fingerprint density at radius 2 is 1.35 bits per heavy atom. The Balaban J connectivity index is 1.53. The van der Waals surface area contributed by atoms with Crippen LogP contribution < -0.4 is 14.4 Å². The molecule has 46 heavy (non-hydrogen) atoms. The van der Waals surface area contributed by atoms with Crippen LogP contribution in [-0.4, -0.2) is 50.9 Å². The summed E-state index contributed by atoms with van der Waals surface area (Å²) in [6.45, 7) is -0.353. The lowest BCUT2D eigenvalue weighted by molar-refractivity contribution is -0.140. The van der Waals surface area contributed by atoms with Gasteiger partial charge in [-0.05, 0) is 60.4 Å². The van der Waals surface area contributed by atoms with Gasteiger partial charge in [-0.2, -0.15) is 0 Å².